The van der Waals surface area contributed by atoms with E-state index in [9.17, 15) is 4.39 Å². The van der Waals surface area contributed by atoms with E-state index in [2.05, 4.69) is 11.1 Å². The number of rotatable bonds is 1. The van der Waals surface area contributed by atoms with E-state index in [0.29, 0.717) is 27.1 Å². The van der Waals surface area contributed by atoms with Crippen LogP contribution in [-0.2, 0) is 0 Å². The molecule has 104 valence electrons. The SMILES string of the molecule is N#Cc1cccc2c1[nH]c(=S)n2-c1c(Cl)cc(F)cc1Cl. The number of hydrogen-bond donors (Lipinski definition) is 1. The highest BCUT2D eigenvalue weighted by Crippen LogP contribution is 2.33. The molecule has 3 rings (SSSR count). The molecule has 1 N–H and O–H groups in total. The Balaban J connectivity index is 2.45. The van der Waals surface area contributed by atoms with Crippen LogP contribution in [0.5, 0.6) is 0 Å². The second kappa shape index (κ2) is 5.15. The molecule has 1 aromatic heterocycles. The van der Waals surface area contributed by atoms with Gasteiger partial charge in [0, 0.05) is 0 Å². The molecule has 0 saturated heterocycles. The van der Waals surface area contributed by atoms with E-state index in [0.717, 1.165) is 12.1 Å². The van der Waals surface area contributed by atoms with Gasteiger partial charge in [-0.1, -0.05) is 29.3 Å². The Morgan fingerprint density at radius 1 is 1.24 bits per heavy atom. The van der Waals surface area contributed by atoms with Crippen molar-refractivity contribution in [2.45, 2.75) is 0 Å². The maximum Gasteiger partial charge on any atom is 0.182 e. The number of para-hydroxylation sites is 1. The first kappa shape index (κ1) is 14.1. The Labute approximate surface area is 134 Å². The van der Waals surface area contributed by atoms with Crippen LogP contribution in [0.2, 0.25) is 10.0 Å². The van der Waals surface area contributed by atoms with Gasteiger partial charge in [0.25, 0.3) is 0 Å². The molecule has 0 radical (unpaired) electrons. The highest BCUT2D eigenvalue weighted by molar-refractivity contribution is 7.71. The van der Waals surface area contributed by atoms with Gasteiger partial charge in [-0.25, -0.2) is 4.39 Å². The van der Waals surface area contributed by atoms with Gasteiger partial charge in [0.15, 0.2) is 4.77 Å². The number of fused-ring (bicyclic) bond motifs is 1. The summed E-state index contributed by atoms with van der Waals surface area (Å²) >= 11 is 17.5. The molecule has 3 nitrogen and oxygen atoms in total. The fraction of sp³-hybridized carbons (Fsp3) is 0. The number of aromatic amines is 1. The smallest absolute Gasteiger partial charge is 0.182 e. The molecule has 0 saturated carbocycles. The van der Waals surface area contributed by atoms with Crippen molar-refractivity contribution >= 4 is 46.5 Å². The number of imidazole rings is 1. The van der Waals surface area contributed by atoms with Gasteiger partial charge in [-0.2, -0.15) is 5.26 Å². The van der Waals surface area contributed by atoms with E-state index < -0.39 is 5.82 Å². The van der Waals surface area contributed by atoms with Crippen molar-refractivity contribution in [3.05, 3.63) is 56.5 Å². The Hall–Kier alpha value is -1.87. The third-order valence-electron chi connectivity index (χ3n) is 3.04. The predicted molar refractivity (Wildman–Crippen MR) is 83.2 cm³/mol. The number of nitrogens with zero attached hydrogens (tertiary/aromatic N) is 2. The maximum absolute atomic E-state index is 13.3. The minimum absolute atomic E-state index is 0.138. The zero-order valence-corrected chi connectivity index (χ0v) is 12.7. The number of benzene rings is 2. The summed E-state index contributed by atoms with van der Waals surface area (Å²) < 4.78 is 15.2. The van der Waals surface area contributed by atoms with E-state index in [-0.39, 0.29) is 10.0 Å². The predicted octanol–water partition coefficient (Wildman–Crippen LogP) is 5.01. The van der Waals surface area contributed by atoms with Crippen LogP contribution in [0.25, 0.3) is 16.7 Å². The van der Waals surface area contributed by atoms with Gasteiger partial charge in [-0.3, -0.25) is 4.57 Å². The first-order valence-electron chi connectivity index (χ1n) is 5.81. The minimum Gasteiger partial charge on any atom is -0.329 e. The average Bonchev–Trinajstić information content (AvgIpc) is 2.74. The molecule has 0 fully saturated rings. The van der Waals surface area contributed by atoms with Crippen molar-refractivity contribution in [1.82, 2.24) is 9.55 Å². The molecular weight excluding hydrogens is 332 g/mol. The van der Waals surface area contributed by atoms with Gasteiger partial charge in [0.2, 0.25) is 0 Å². The molecule has 0 aliphatic heterocycles. The van der Waals surface area contributed by atoms with Crippen LogP contribution in [0.4, 0.5) is 4.39 Å². The van der Waals surface area contributed by atoms with Crippen molar-refractivity contribution in [2.75, 3.05) is 0 Å². The molecule has 0 amide bonds. The third-order valence-corrected chi connectivity index (χ3v) is 3.90. The van der Waals surface area contributed by atoms with E-state index in [1.54, 1.807) is 22.8 Å². The molecule has 0 aliphatic carbocycles. The highest BCUT2D eigenvalue weighted by atomic mass is 35.5. The lowest BCUT2D eigenvalue weighted by molar-refractivity contribution is 0.627. The molecule has 0 spiro atoms. The first-order valence-corrected chi connectivity index (χ1v) is 6.98. The number of H-pyrrole nitrogens is 1. The number of aromatic nitrogens is 2. The summed E-state index contributed by atoms with van der Waals surface area (Å²) in [6.07, 6.45) is 0. The number of hydrogen-bond acceptors (Lipinski definition) is 2. The topological polar surface area (TPSA) is 44.5 Å². The van der Waals surface area contributed by atoms with Crippen molar-refractivity contribution < 1.29 is 4.39 Å². The molecule has 2 aromatic carbocycles. The summed E-state index contributed by atoms with van der Waals surface area (Å²) in [5.41, 5.74) is 2.06. The molecule has 0 atom stereocenters. The van der Waals surface area contributed by atoms with E-state index >= 15 is 0 Å². The quantitative estimate of drug-likeness (QED) is 0.634. The summed E-state index contributed by atoms with van der Waals surface area (Å²) in [4.78, 5) is 2.96. The van der Waals surface area contributed by atoms with Crippen LogP contribution in [0.1, 0.15) is 5.56 Å². The monoisotopic (exact) mass is 337 g/mol. The van der Waals surface area contributed by atoms with E-state index in [1.165, 1.54) is 0 Å². The van der Waals surface area contributed by atoms with Gasteiger partial charge >= 0.3 is 0 Å². The molecule has 0 aliphatic rings. The lowest BCUT2D eigenvalue weighted by Gasteiger charge is -2.09. The summed E-state index contributed by atoms with van der Waals surface area (Å²) in [6, 6.07) is 9.59. The average molecular weight is 338 g/mol. The Bertz CT molecular complexity index is 945. The van der Waals surface area contributed by atoms with E-state index in [1.807, 2.05) is 0 Å². The van der Waals surface area contributed by atoms with Crippen LogP contribution in [0.3, 0.4) is 0 Å². The van der Waals surface area contributed by atoms with Gasteiger partial charge in [-0.15, -0.1) is 0 Å². The number of nitriles is 1. The Morgan fingerprint density at radius 2 is 1.90 bits per heavy atom. The molecule has 0 bridgehead atoms. The summed E-state index contributed by atoms with van der Waals surface area (Å²) in [6.45, 7) is 0. The van der Waals surface area contributed by atoms with Gasteiger partial charge in [-0.05, 0) is 36.5 Å². The fourth-order valence-corrected chi connectivity index (χ4v) is 3.11. The molecule has 21 heavy (non-hydrogen) atoms. The van der Waals surface area contributed by atoms with Crippen molar-refractivity contribution in [3.8, 4) is 11.8 Å². The Kier molecular flexibility index (Phi) is 3.46. The molecule has 7 heteroatoms. The third kappa shape index (κ3) is 2.22. The van der Waals surface area contributed by atoms with Crippen molar-refractivity contribution in [1.29, 1.82) is 5.26 Å². The largest absolute Gasteiger partial charge is 0.329 e. The van der Waals surface area contributed by atoms with Crippen molar-refractivity contribution in [2.24, 2.45) is 0 Å². The highest BCUT2D eigenvalue weighted by Gasteiger charge is 2.16. The van der Waals surface area contributed by atoms with Crippen LogP contribution >= 0.6 is 35.4 Å². The fourth-order valence-electron chi connectivity index (χ4n) is 2.19. The second-order valence-corrected chi connectivity index (χ2v) is 5.50. The van der Waals surface area contributed by atoms with Gasteiger partial charge in [0.1, 0.15) is 11.9 Å². The lowest BCUT2D eigenvalue weighted by atomic mass is 10.2. The zero-order valence-electron chi connectivity index (χ0n) is 10.3. The molecule has 0 unspecified atom stereocenters. The molecule has 3 aromatic rings. The van der Waals surface area contributed by atoms with Crippen LogP contribution in [0, 0.1) is 21.9 Å². The second-order valence-electron chi connectivity index (χ2n) is 4.30. The van der Waals surface area contributed by atoms with Crippen LogP contribution in [0.15, 0.2) is 30.3 Å². The number of nitrogens with one attached hydrogen (secondary N) is 1. The van der Waals surface area contributed by atoms with Crippen LogP contribution < -0.4 is 0 Å². The Morgan fingerprint density at radius 3 is 2.52 bits per heavy atom. The van der Waals surface area contributed by atoms with Crippen molar-refractivity contribution in [3.63, 3.8) is 0 Å². The van der Waals surface area contributed by atoms with Gasteiger partial charge < -0.3 is 4.98 Å². The molecular formula is C14H6Cl2FN3S. The van der Waals surface area contributed by atoms with Crippen LogP contribution in [-0.4, -0.2) is 9.55 Å². The standard InChI is InChI=1S/C14H6Cl2FN3S/c15-9-4-8(17)5-10(16)13(9)20-11-3-1-2-7(6-18)12(11)19-14(20)21/h1-5H,(H,19,21). The van der Waals surface area contributed by atoms with E-state index in [4.69, 9.17) is 40.7 Å². The first-order chi connectivity index (χ1) is 10.0. The normalized spacial score (nSPS) is 10.8. The molecule has 1 heterocycles. The van der Waals surface area contributed by atoms with Gasteiger partial charge in [0.05, 0.1) is 32.3 Å². The zero-order chi connectivity index (χ0) is 15.1. The maximum atomic E-state index is 13.3. The summed E-state index contributed by atoms with van der Waals surface area (Å²) in [7, 11) is 0. The minimum atomic E-state index is -0.530. The lowest BCUT2D eigenvalue weighted by Crippen LogP contribution is -1.97. The number of halogens is 3. The summed E-state index contributed by atoms with van der Waals surface area (Å²) in [5.74, 6) is -0.530. The summed E-state index contributed by atoms with van der Waals surface area (Å²) in [5, 5.41) is 9.41.